The third-order valence-electron chi connectivity index (χ3n) is 3.43. The van der Waals surface area contributed by atoms with Crippen molar-refractivity contribution in [2.45, 2.75) is 25.7 Å². The summed E-state index contributed by atoms with van der Waals surface area (Å²) >= 11 is 0. The molecule has 0 N–H and O–H groups in total. The lowest BCUT2D eigenvalue weighted by Crippen LogP contribution is -2.14. The van der Waals surface area contributed by atoms with Gasteiger partial charge in [0.2, 0.25) is 0 Å². The molecule has 2 aromatic rings. The zero-order chi connectivity index (χ0) is 12.4. The molecule has 1 aromatic carbocycles. The molecule has 0 unspecified atom stereocenters. The summed E-state index contributed by atoms with van der Waals surface area (Å²) in [6.07, 6.45) is 4.80. The zero-order valence-corrected chi connectivity index (χ0v) is 9.97. The van der Waals surface area contributed by atoms with E-state index in [0.29, 0.717) is 11.5 Å². The third kappa shape index (κ3) is 2.12. The molecule has 0 atom stereocenters. The summed E-state index contributed by atoms with van der Waals surface area (Å²) in [7, 11) is 0. The van der Waals surface area contributed by atoms with E-state index < -0.39 is 0 Å². The molecule has 4 heteroatoms. The van der Waals surface area contributed by atoms with E-state index in [4.69, 9.17) is 9.78 Å². The van der Waals surface area contributed by atoms with Crippen molar-refractivity contribution in [3.8, 4) is 17.5 Å². The number of nitrogens with zero attached hydrogens (tertiary/aromatic N) is 3. The molecule has 4 nitrogen and oxygen atoms in total. The lowest BCUT2D eigenvalue weighted by atomic mass is 9.83. The summed E-state index contributed by atoms with van der Waals surface area (Å²) in [5.41, 5.74) is 1.49. The molecule has 90 valence electrons. The first kappa shape index (κ1) is 11.0. The molecular formula is C14H13N3O. The van der Waals surface area contributed by atoms with Crippen molar-refractivity contribution in [2.75, 3.05) is 0 Å². The normalized spacial score (nSPS) is 15.1. The molecule has 1 fully saturated rings. The molecule has 1 aliphatic carbocycles. The van der Waals surface area contributed by atoms with Gasteiger partial charge in [0.15, 0.2) is 5.82 Å². The Morgan fingerprint density at radius 3 is 2.67 bits per heavy atom. The molecule has 1 aromatic heterocycles. The van der Waals surface area contributed by atoms with Gasteiger partial charge in [-0.3, -0.25) is 0 Å². The van der Waals surface area contributed by atoms with Crippen LogP contribution in [0, 0.1) is 17.2 Å². The van der Waals surface area contributed by atoms with Crippen LogP contribution in [-0.2, 0) is 6.42 Å². The minimum absolute atomic E-state index is 0.536. The van der Waals surface area contributed by atoms with E-state index in [9.17, 15) is 0 Å². The largest absolute Gasteiger partial charge is 0.334 e. The van der Waals surface area contributed by atoms with Crippen molar-refractivity contribution < 1.29 is 4.52 Å². The van der Waals surface area contributed by atoms with E-state index in [2.05, 4.69) is 16.2 Å². The van der Waals surface area contributed by atoms with Gasteiger partial charge in [0.25, 0.3) is 5.89 Å². The molecule has 0 bridgehead atoms. The second-order valence-corrected chi connectivity index (χ2v) is 4.71. The highest BCUT2D eigenvalue weighted by molar-refractivity contribution is 5.54. The van der Waals surface area contributed by atoms with E-state index in [0.717, 1.165) is 23.7 Å². The molecule has 0 spiro atoms. The third-order valence-corrected chi connectivity index (χ3v) is 3.43. The van der Waals surface area contributed by atoms with Gasteiger partial charge in [0, 0.05) is 12.0 Å². The monoisotopic (exact) mass is 239 g/mol. The van der Waals surface area contributed by atoms with Crippen molar-refractivity contribution in [1.29, 1.82) is 5.26 Å². The van der Waals surface area contributed by atoms with Crippen molar-refractivity contribution in [3.05, 3.63) is 35.7 Å². The Balaban J connectivity index is 1.76. The van der Waals surface area contributed by atoms with Gasteiger partial charge >= 0.3 is 0 Å². The molecule has 3 rings (SSSR count). The summed E-state index contributed by atoms with van der Waals surface area (Å²) in [6.45, 7) is 0. The van der Waals surface area contributed by atoms with Crippen LogP contribution in [0.15, 0.2) is 28.8 Å². The number of benzene rings is 1. The van der Waals surface area contributed by atoms with Gasteiger partial charge < -0.3 is 4.52 Å². The van der Waals surface area contributed by atoms with E-state index >= 15 is 0 Å². The predicted molar refractivity (Wildman–Crippen MR) is 65.5 cm³/mol. The lowest BCUT2D eigenvalue weighted by Gasteiger charge is -2.23. The maximum absolute atomic E-state index is 8.73. The van der Waals surface area contributed by atoms with Crippen LogP contribution in [0.2, 0.25) is 0 Å². The average Bonchev–Trinajstić information content (AvgIpc) is 2.83. The second-order valence-electron chi connectivity index (χ2n) is 4.71. The van der Waals surface area contributed by atoms with E-state index in [-0.39, 0.29) is 0 Å². The smallest absolute Gasteiger partial charge is 0.257 e. The number of hydrogen-bond donors (Lipinski definition) is 0. The summed E-state index contributed by atoms with van der Waals surface area (Å²) in [5.74, 6) is 2.06. The van der Waals surface area contributed by atoms with Crippen LogP contribution in [0.4, 0.5) is 0 Å². The van der Waals surface area contributed by atoms with Crippen molar-refractivity contribution in [1.82, 2.24) is 10.1 Å². The molecule has 1 saturated carbocycles. The van der Waals surface area contributed by atoms with Crippen LogP contribution in [0.5, 0.6) is 0 Å². The highest BCUT2D eigenvalue weighted by Crippen LogP contribution is 2.29. The Bertz CT molecular complexity index is 576. The quantitative estimate of drug-likeness (QED) is 0.826. The molecule has 1 heterocycles. The molecule has 0 saturated heterocycles. The fourth-order valence-electron chi connectivity index (χ4n) is 2.10. The van der Waals surface area contributed by atoms with Crippen LogP contribution in [0.1, 0.15) is 30.7 Å². The van der Waals surface area contributed by atoms with Gasteiger partial charge in [-0.25, -0.2) is 0 Å². The molecule has 18 heavy (non-hydrogen) atoms. The Morgan fingerprint density at radius 2 is 2.06 bits per heavy atom. The van der Waals surface area contributed by atoms with Crippen LogP contribution in [0.25, 0.3) is 11.5 Å². The van der Waals surface area contributed by atoms with Gasteiger partial charge in [0.1, 0.15) is 0 Å². The summed E-state index contributed by atoms with van der Waals surface area (Å²) in [5, 5.41) is 12.7. The van der Waals surface area contributed by atoms with Crippen LogP contribution in [-0.4, -0.2) is 10.1 Å². The van der Waals surface area contributed by atoms with Gasteiger partial charge in [0.05, 0.1) is 11.6 Å². The zero-order valence-electron chi connectivity index (χ0n) is 9.97. The fraction of sp³-hybridized carbons (Fsp3) is 0.357. The van der Waals surface area contributed by atoms with Gasteiger partial charge in [-0.2, -0.15) is 10.2 Å². The summed E-state index contributed by atoms with van der Waals surface area (Å²) in [6, 6.07) is 9.26. The second kappa shape index (κ2) is 4.61. The first-order valence-electron chi connectivity index (χ1n) is 6.18. The molecule has 0 aliphatic heterocycles. The first-order valence-corrected chi connectivity index (χ1v) is 6.18. The summed E-state index contributed by atoms with van der Waals surface area (Å²) in [4.78, 5) is 4.40. The highest BCUT2D eigenvalue weighted by Gasteiger charge is 2.20. The SMILES string of the molecule is N#Cc1ccc(-c2nc(CC3CCC3)no2)cc1. The molecule has 1 aliphatic rings. The Hall–Kier alpha value is -2.15. The van der Waals surface area contributed by atoms with Crippen LogP contribution >= 0.6 is 0 Å². The highest BCUT2D eigenvalue weighted by atomic mass is 16.5. The van der Waals surface area contributed by atoms with Gasteiger partial charge in [-0.05, 0) is 30.2 Å². The topological polar surface area (TPSA) is 62.7 Å². The van der Waals surface area contributed by atoms with E-state index in [1.807, 2.05) is 12.1 Å². The Labute approximate surface area is 105 Å². The molecule has 0 amide bonds. The van der Waals surface area contributed by atoms with Crippen molar-refractivity contribution in [2.24, 2.45) is 5.92 Å². The van der Waals surface area contributed by atoms with Crippen LogP contribution < -0.4 is 0 Å². The predicted octanol–water partition coefficient (Wildman–Crippen LogP) is 2.95. The van der Waals surface area contributed by atoms with Gasteiger partial charge in [-0.1, -0.05) is 24.4 Å². The van der Waals surface area contributed by atoms with Gasteiger partial charge in [-0.15, -0.1) is 0 Å². The minimum Gasteiger partial charge on any atom is -0.334 e. The Kier molecular flexibility index (Phi) is 2.81. The lowest BCUT2D eigenvalue weighted by molar-refractivity contribution is 0.304. The first-order chi connectivity index (χ1) is 8.85. The number of hydrogen-bond acceptors (Lipinski definition) is 4. The van der Waals surface area contributed by atoms with Crippen LogP contribution in [0.3, 0.4) is 0 Å². The number of nitriles is 1. The standard InChI is InChI=1S/C14H13N3O/c15-9-11-4-6-12(7-5-11)14-16-13(17-18-14)8-10-2-1-3-10/h4-7,10H,1-3,8H2. The number of aromatic nitrogens is 2. The Morgan fingerprint density at radius 1 is 1.28 bits per heavy atom. The maximum atomic E-state index is 8.73. The average molecular weight is 239 g/mol. The fourth-order valence-corrected chi connectivity index (χ4v) is 2.10. The molecule has 0 radical (unpaired) electrons. The maximum Gasteiger partial charge on any atom is 0.257 e. The summed E-state index contributed by atoms with van der Waals surface area (Å²) < 4.78 is 5.25. The van der Waals surface area contributed by atoms with Crippen molar-refractivity contribution >= 4 is 0 Å². The number of rotatable bonds is 3. The van der Waals surface area contributed by atoms with E-state index in [1.165, 1.54) is 19.3 Å². The van der Waals surface area contributed by atoms with Crippen molar-refractivity contribution in [3.63, 3.8) is 0 Å². The minimum atomic E-state index is 0.536. The molecular weight excluding hydrogens is 226 g/mol. The van der Waals surface area contributed by atoms with E-state index in [1.54, 1.807) is 12.1 Å².